The minimum Gasteiger partial charge on any atom is -0.478 e. The van der Waals surface area contributed by atoms with Gasteiger partial charge in [0, 0.05) is 4.90 Å². The molecule has 27 heavy (non-hydrogen) atoms. The van der Waals surface area contributed by atoms with Crippen molar-refractivity contribution in [2.24, 2.45) is 0 Å². The van der Waals surface area contributed by atoms with Crippen molar-refractivity contribution in [2.45, 2.75) is 28.7 Å². The first-order chi connectivity index (χ1) is 13.2. The fraction of sp³-hybridized carbons (Fsp3) is 0.174. The molecule has 1 saturated heterocycles. The van der Waals surface area contributed by atoms with Gasteiger partial charge in [-0.25, -0.2) is 0 Å². The van der Waals surface area contributed by atoms with Crippen molar-refractivity contribution in [3.8, 4) is 5.75 Å². The van der Waals surface area contributed by atoms with Gasteiger partial charge in [0.2, 0.25) is 0 Å². The van der Waals surface area contributed by atoms with Gasteiger partial charge in [-0.05, 0) is 36.8 Å². The minimum absolute atomic E-state index is 0.0266. The lowest BCUT2D eigenvalue weighted by Crippen LogP contribution is -2.74. The second-order valence-electron chi connectivity index (χ2n) is 7.05. The van der Waals surface area contributed by atoms with E-state index in [0.717, 1.165) is 16.3 Å². The van der Waals surface area contributed by atoms with Gasteiger partial charge in [0.15, 0.2) is 6.10 Å². The average Bonchev–Trinajstić information content (AvgIpc) is 2.72. The van der Waals surface area contributed by atoms with Crippen molar-refractivity contribution in [2.75, 3.05) is 4.90 Å². The van der Waals surface area contributed by atoms with Crippen LogP contribution in [0.1, 0.15) is 12.5 Å². The van der Waals surface area contributed by atoms with E-state index >= 15 is 0 Å². The average molecular weight is 373 g/mol. The highest BCUT2D eigenvalue weighted by Gasteiger charge is 2.62. The SMILES string of the molecule is C[C@@]1(c2ccccc2)Sc2ccccc2N2C(=O)[C@@H](Oc3ccccc3)[C@@H]21. The number of anilines is 1. The Balaban J connectivity index is 1.60. The predicted octanol–water partition coefficient (Wildman–Crippen LogP) is 4.87. The third kappa shape index (κ3) is 2.47. The van der Waals surface area contributed by atoms with Crippen molar-refractivity contribution < 1.29 is 9.53 Å². The summed E-state index contributed by atoms with van der Waals surface area (Å²) in [5.41, 5.74) is 2.19. The molecule has 2 heterocycles. The number of ether oxygens (including phenoxy) is 1. The van der Waals surface area contributed by atoms with Gasteiger partial charge in [-0.15, -0.1) is 11.8 Å². The van der Waals surface area contributed by atoms with Crippen molar-refractivity contribution in [1.29, 1.82) is 0 Å². The van der Waals surface area contributed by atoms with E-state index < -0.39 is 6.10 Å². The number of benzene rings is 3. The monoisotopic (exact) mass is 373 g/mol. The molecular weight excluding hydrogens is 354 g/mol. The maximum Gasteiger partial charge on any atom is 0.270 e. The largest absolute Gasteiger partial charge is 0.478 e. The van der Waals surface area contributed by atoms with E-state index in [1.54, 1.807) is 0 Å². The molecule has 3 atom stereocenters. The molecule has 0 radical (unpaired) electrons. The molecule has 3 nitrogen and oxygen atoms in total. The van der Waals surface area contributed by atoms with Crippen LogP contribution in [0.2, 0.25) is 0 Å². The Kier molecular flexibility index (Phi) is 3.76. The zero-order valence-electron chi connectivity index (χ0n) is 14.9. The van der Waals surface area contributed by atoms with Crippen LogP contribution in [-0.2, 0) is 9.54 Å². The third-order valence-electron chi connectivity index (χ3n) is 5.41. The molecule has 5 rings (SSSR count). The summed E-state index contributed by atoms with van der Waals surface area (Å²) in [7, 11) is 0. The fourth-order valence-electron chi connectivity index (χ4n) is 4.06. The van der Waals surface area contributed by atoms with E-state index in [2.05, 4.69) is 37.3 Å². The summed E-state index contributed by atoms with van der Waals surface area (Å²) in [6.45, 7) is 2.22. The number of fused-ring (bicyclic) bond motifs is 3. The van der Waals surface area contributed by atoms with E-state index in [1.165, 1.54) is 5.56 Å². The van der Waals surface area contributed by atoms with E-state index in [1.807, 2.05) is 71.3 Å². The van der Waals surface area contributed by atoms with Gasteiger partial charge >= 0.3 is 0 Å². The standard InChI is InChI=1S/C23H19NO2S/c1-23(16-10-4-2-5-11-16)21-20(26-17-12-6-3-7-13-17)22(25)24(21)18-14-8-9-15-19(18)27-23/h2-15,20-21H,1H3/t20-,21+,23-/m0/s1. The number of carbonyl (C=O) groups excluding carboxylic acids is 1. The number of para-hydroxylation sites is 2. The Hall–Kier alpha value is -2.72. The number of β-lactam (4-membered cyclic amide) rings is 1. The van der Waals surface area contributed by atoms with Gasteiger partial charge in [-0.1, -0.05) is 60.7 Å². The highest BCUT2D eigenvalue weighted by atomic mass is 32.2. The molecule has 1 amide bonds. The zero-order valence-corrected chi connectivity index (χ0v) is 15.7. The van der Waals surface area contributed by atoms with Gasteiger partial charge in [-0.2, -0.15) is 0 Å². The zero-order chi connectivity index (χ0) is 18.4. The van der Waals surface area contributed by atoms with Crippen LogP contribution >= 0.6 is 11.8 Å². The van der Waals surface area contributed by atoms with Gasteiger partial charge in [0.05, 0.1) is 10.4 Å². The van der Waals surface area contributed by atoms with Gasteiger partial charge in [-0.3, -0.25) is 9.69 Å². The maximum absolute atomic E-state index is 13.1. The molecule has 0 unspecified atom stereocenters. The first-order valence-corrected chi connectivity index (χ1v) is 9.88. The van der Waals surface area contributed by atoms with Gasteiger partial charge in [0.25, 0.3) is 5.91 Å². The highest BCUT2D eigenvalue weighted by Crippen LogP contribution is 2.57. The Morgan fingerprint density at radius 1 is 0.889 bits per heavy atom. The fourth-order valence-corrected chi connectivity index (χ4v) is 5.53. The van der Waals surface area contributed by atoms with Crippen LogP contribution in [0.3, 0.4) is 0 Å². The summed E-state index contributed by atoms with van der Waals surface area (Å²) < 4.78 is 5.87. The summed E-state index contributed by atoms with van der Waals surface area (Å²) in [4.78, 5) is 16.1. The molecule has 0 N–H and O–H groups in total. The summed E-state index contributed by atoms with van der Waals surface area (Å²) in [5.74, 6) is 0.758. The first kappa shape index (κ1) is 16.5. The molecule has 3 aromatic rings. The highest BCUT2D eigenvalue weighted by molar-refractivity contribution is 8.00. The van der Waals surface area contributed by atoms with E-state index in [0.29, 0.717) is 0 Å². The first-order valence-electron chi connectivity index (χ1n) is 9.07. The summed E-state index contributed by atoms with van der Waals surface area (Å²) >= 11 is 1.82. The van der Waals surface area contributed by atoms with Crippen molar-refractivity contribution in [3.05, 3.63) is 90.5 Å². The van der Waals surface area contributed by atoms with E-state index in [4.69, 9.17) is 4.74 Å². The van der Waals surface area contributed by atoms with Crippen molar-refractivity contribution in [1.82, 2.24) is 0 Å². The maximum atomic E-state index is 13.1. The van der Waals surface area contributed by atoms with E-state index in [9.17, 15) is 4.79 Å². The molecule has 1 fully saturated rings. The Bertz CT molecular complexity index is 992. The number of hydrogen-bond acceptors (Lipinski definition) is 3. The number of hydrogen-bond donors (Lipinski definition) is 0. The van der Waals surface area contributed by atoms with Crippen LogP contribution in [0.5, 0.6) is 5.75 Å². The van der Waals surface area contributed by atoms with Crippen LogP contribution in [-0.4, -0.2) is 18.1 Å². The predicted molar refractivity (Wildman–Crippen MR) is 108 cm³/mol. The molecule has 3 aromatic carbocycles. The molecule has 2 aliphatic rings. The Morgan fingerprint density at radius 3 is 2.26 bits per heavy atom. The molecule has 0 aromatic heterocycles. The molecule has 134 valence electrons. The van der Waals surface area contributed by atoms with Gasteiger partial charge in [0.1, 0.15) is 11.8 Å². The topological polar surface area (TPSA) is 29.5 Å². The lowest BCUT2D eigenvalue weighted by molar-refractivity contribution is -0.136. The summed E-state index contributed by atoms with van der Waals surface area (Å²) in [6.07, 6.45) is -0.488. The molecule has 0 bridgehead atoms. The molecule has 2 aliphatic heterocycles. The molecule has 4 heteroatoms. The van der Waals surface area contributed by atoms with Gasteiger partial charge < -0.3 is 4.74 Å². The molecule has 0 aliphatic carbocycles. The van der Waals surface area contributed by atoms with Crippen LogP contribution < -0.4 is 9.64 Å². The second kappa shape index (κ2) is 6.17. The summed E-state index contributed by atoms with van der Waals surface area (Å²) in [5, 5.41) is 0. The number of rotatable bonds is 3. The number of thioether (sulfide) groups is 1. The molecule has 0 saturated carbocycles. The normalized spacial score (nSPS) is 26.0. The number of nitrogens with zero attached hydrogens (tertiary/aromatic N) is 1. The molecular formula is C23H19NO2S. The van der Waals surface area contributed by atoms with Crippen LogP contribution in [0, 0.1) is 0 Å². The Labute approximate surface area is 163 Å². The lowest BCUT2D eigenvalue weighted by Gasteiger charge is -2.57. The molecule has 0 spiro atoms. The van der Waals surface area contributed by atoms with Crippen molar-refractivity contribution >= 4 is 23.4 Å². The quantitative estimate of drug-likeness (QED) is 0.614. The van der Waals surface area contributed by atoms with E-state index in [-0.39, 0.29) is 16.7 Å². The Morgan fingerprint density at radius 2 is 1.52 bits per heavy atom. The van der Waals surface area contributed by atoms with Crippen LogP contribution in [0.4, 0.5) is 5.69 Å². The smallest absolute Gasteiger partial charge is 0.270 e. The number of carbonyl (C=O) groups is 1. The number of amides is 1. The van der Waals surface area contributed by atoms with Crippen LogP contribution in [0.25, 0.3) is 0 Å². The second-order valence-corrected chi connectivity index (χ2v) is 8.54. The van der Waals surface area contributed by atoms with Crippen molar-refractivity contribution in [3.63, 3.8) is 0 Å². The lowest BCUT2D eigenvalue weighted by atomic mass is 9.80. The van der Waals surface area contributed by atoms with Crippen LogP contribution in [0.15, 0.2) is 89.8 Å². The third-order valence-corrected chi connectivity index (χ3v) is 6.88. The minimum atomic E-state index is -0.488. The summed E-state index contributed by atoms with van der Waals surface area (Å²) in [6, 6.07) is 28.1.